The molecule has 1 saturated heterocycles. The first-order valence-corrected chi connectivity index (χ1v) is 6.53. The van der Waals surface area contributed by atoms with Gasteiger partial charge in [0.1, 0.15) is 11.9 Å². The van der Waals surface area contributed by atoms with E-state index in [4.69, 9.17) is 10.5 Å². The number of ether oxygens (including phenoxy) is 1. The van der Waals surface area contributed by atoms with E-state index in [1.54, 1.807) is 17.0 Å². The zero-order valence-electron chi connectivity index (χ0n) is 11.0. The minimum atomic E-state index is -0.810. The molecule has 6 heteroatoms. The fourth-order valence-electron chi connectivity index (χ4n) is 2.28. The van der Waals surface area contributed by atoms with Crippen molar-refractivity contribution in [2.45, 2.75) is 25.4 Å². The summed E-state index contributed by atoms with van der Waals surface area (Å²) in [5, 5.41) is 0. The summed E-state index contributed by atoms with van der Waals surface area (Å²) >= 11 is 0. The summed E-state index contributed by atoms with van der Waals surface area (Å²) in [7, 11) is 0. The minimum Gasteiger partial charge on any atom is -0.444 e. The Morgan fingerprint density at radius 3 is 2.70 bits per heavy atom. The molecule has 20 heavy (non-hydrogen) atoms. The Hall–Kier alpha value is -2.11. The Bertz CT molecular complexity index is 490. The van der Waals surface area contributed by atoms with Crippen molar-refractivity contribution >= 4 is 12.0 Å². The van der Waals surface area contributed by atoms with Crippen LogP contribution in [0.5, 0.6) is 0 Å². The number of halogens is 1. The molecule has 0 aromatic heterocycles. The Labute approximate surface area is 116 Å². The Morgan fingerprint density at radius 2 is 2.05 bits per heavy atom. The third-order valence-electron chi connectivity index (χ3n) is 3.32. The molecule has 1 aliphatic heterocycles. The molecule has 1 atom stereocenters. The van der Waals surface area contributed by atoms with Gasteiger partial charge >= 0.3 is 6.09 Å². The van der Waals surface area contributed by atoms with E-state index in [1.165, 1.54) is 12.1 Å². The summed E-state index contributed by atoms with van der Waals surface area (Å²) in [4.78, 5) is 24.3. The molecule has 2 amide bonds. The van der Waals surface area contributed by atoms with Gasteiger partial charge in [0.05, 0.1) is 6.54 Å². The molecular formula is C14H17FN2O3. The van der Waals surface area contributed by atoms with Gasteiger partial charge in [0.15, 0.2) is 0 Å². The smallest absolute Gasteiger partial charge is 0.404 e. The number of hydrogen-bond donors (Lipinski definition) is 1. The van der Waals surface area contributed by atoms with E-state index in [1.807, 2.05) is 0 Å². The number of aryl methyl sites for hydroxylation is 1. The van der Waals surface area contributed by atoms with Crippen LogP contribution in [0.4, 0.5) is 9.18 Å². The third-order valence-corrected chi connectivity index (χ3v) is 3.32. The van der Waals surface area contributed by atoms with Crippen molar-refractivity contribution in [2.24, 2.45) is 5.73 Å². The van der Waals surface area contributed by atoms with Gasteiger partial charge in [0, 0.05) is 19.4 Å². The molecule has 1 aromatic rings. The number of primary amides is 1. The number of carbonyl (C=O) groups is 2. The van der Waals surface area contributed by atoms with Crippen LogP contribution in [0.1, 0.15) is 18.4 Å². The maximum Gasteiger partial charge on any atom is 0.404 e. The molecule has 1 fully saturated rings. The fraction of sp³-hybridized carbons (Fsp3) is 0.429. The summed E-state index contributed by atoms with van der Waals surface area (Å²) in [6.07, 6.45) is 0.426. The van der Waals surface area contributed by atoms with E-state index in [-0.39, 0.29) is 17.8 Å². The Balaban J connectivity index is 1.78. The molecule has 0 spiro atoms. The van der Waals surface area contributed by atoms with Crippen LogP contribution in [0, 0.1) is 5.82 Å². The summed E-state index contributed by atoms with van der Waals surface area (Å²) in [5.74, 6) is -0.282. The van der Waals surface area contributed by atoms with Crippen LogP contribution in [-0.4, -0.2) is 36.1 Å². The molecule has 1 heterocycles. The van der Waals surface area contributed by atoms with Gasteiger partial charge in [-0.05, 0) is 24.1 Å². The predicted octanol–water partition coefficient (Wildman–Crippen LogP) is 1.45. The topological polar surface area (TPSA) is 72.6 Å². The maximum atomic E-state index is 12.8. The SMILES string of the molecule is NC(=O)O[C@@H]1CCN(C(=O)CCc2ccc(F)cc2)C1. The predicted molar refractivity (Wildman–Crippen MR) is 70.4 cm³/mol. The van der Waals surface area contributed by atoms with Crippen molar-refractivity contribution in [1.82, 2.24) is 4.90 Å². The molecule has 0 aliphatic carbocycles. The zero-order chi connectivity index (χ0) is 14.5. The van der Waals surface area contributed by atoms with Crippen LogP contribution in [0.25, 0.3) is 0 Å². The van der Waals surface area contributed by atoms with Gasteiger partial charge in [-0.2, -0.15) is 0 Å². The summed E-state index contributed by atoms with van der Waals surface area (Å²) in [6, 6.07) is 6.11. The summed E-state index contributed by atoms with van der Waals surface area (Å²) in [5.41, 5.74) is 5.87. The van der Waals surface area contributed by atoms with E-state index in [0.29, 0.717) is 32.4 Å². The minimum absolute atomic E-state index is 0.00453. The second kappa shape index (κ2) is 6.36. The molecule has 1 aromatic carbocycles. The number of hydrogen-bond acceptors (Lipinski definition) is 3. The van der Waals surface area contributed by atoms with Gasteiger partial charge < -0.3 is 15.4 Å². The summed E-state index contributed by atoms with van der Waals surface area (Å²) in [6.45, 7) is 0.964. The number of rotatable bonds is 4. The summed E-state index contributed by atoms with van der Waals surface area (Å²) < 4.78 is 17.6. The normalized spacial score (nSPS) is 18.1. The van der Waals surface area contributed by atoms with Gasteiger partial charge in [-0.15, -0.1) is 0 Å². The first-order chi connectivity index (χ1) is 9.54. The molecule has 0 unspecified atom stereocenters. The monoisotopic (exact) mass is 280 g/mol. The van der Waals surface area contributed by atoms with E-state index in [9.17, 15) is 14.0 Å². The van der Waals surface area contributed by atoms with Crippen LogP contribution in [0.2, 0.25) is 0 Å². The lowest BCUT2D eigenvalue weighted by atomic mass is 10.1. The molecule has 2 N–H and O–H groups in total. The van der Waals surface area contributed by atoms with Crippen molar-refractivity contribution in [3.05, 3.63) is 35.6 Å². The highest BCUT2D eigenvalue weighted by molar-refractivity contribution is 5.77. The van der Waals surface area contributed by atoms with Gasteiger partial charge in [0.25, 0.3) is 0 Å². The fourth-order valence-corrected chi connectivity index (χ4v) is 2.28. The highest BCUT2D eigenvalue weighted by Crippen LogP contribution is 2.15. The average Bonchev–Trinajstić information content (AvgIpc) is 2.85. The van der Waals surface area contributed by atoms with Gasteiger partial charge in [-0.1, -0.05) is 12.1 Å². The quantitative estimate of drug-likeness (QED) is 0.907. The van der Waals surface area contributed by atoms with E-state index in [2.05, 4.69) is 0 Å². The zero-order valence-corrected chi connectivity index (χ0v) is 11.0. The van der Waals surface area contributed by atoms with Gasteiger partial charge in [-0.3, -0.25) is 4.79 Å². The number of benzene rings is 1. The first kappa shape index (κ1) is 14.3. The average molecular weight is 280 g/mol. The van der Waals surface area contributed by atoms with Gasteiger partial charge in [0.2, 0.25) is 5.91 Å². The van der Waals surface area contributed by atoms with Crippen LogP contribution in [0.15, 0.2) is 24.3 Å². The lowest BCUT2D eigenvalue weighted by molar-refractivity contribution is -0.130. The molecule has 5 nitrogen and oxygen atoms in total. The lowest BCUT2D eigenvalue weighted by Gasteiger charge is -2.16. The van der Waals surface area contributed by atoms with Crippen LogP contribution in [-0.2, 0) is 16.0 Å². The Morgan fingerprint density at radius 1 is 1.35 bits per heavy atom. The highest BCUT2D eigenvalue weighted by atomic mass is 19.1. The van der Waals surface area contributed by atoms with E-state index < -0.39 is 6.09 Å². The number of nitrogens with two attached hydrogens (primary N) is 1. The van der Waals surface area contributed by atoms with Crippen LogP contribution >= 0.6 is 0 Å². The number of likely N-dealkylation sites (tertiary alicyclic amines) is 1. The number of carbonyl (C=O) groups excluding carboxylic acids is 2. The molecule has 1 aliphatic rings. The maximum absolute atomic E-state index is 12.8. The lowest BCUT2D eigenvalue weighted by Crippen LogP contribution is -2.31. The second-order valence-corrected chi connectivity index (χ2v) is 4.81. The highest BCUT2D eigenvalue weighted by Gasteiger charge is 2.27. The second-order valence-electron chi connectivity index (χ2n) is 4.81. The van der Waals surface area contributed by atoms with Crippen LogP contribution in [0.3, 0.4) is 0 Å². The molecule has 0 radical (unpaired) electrons. The van der Waals surface area contributed by atoms with Crippen molar-refractivity contribution in [2.75, 3.05) is 13.1 Å². The molecule has 2 rings (SSSR count). The number of amides is 2. The third kappa shape index (κ3) is 3.94. The largest absolute Gasteiger partial charge is 0.444 e. The molecule has 0 saturated carbocycles. The van der Waals surface area contributed by atoms with Gasteiger partial charge in [-0.25, -0.2) is 9.18 Å². The number of nitrogens with zero attached hydrogens (tertiary/aromatic N) is 1. The van der Waals surface area contributed by atoms with Crippen LogP contribution < -0.4 is 5.73 Å². The van der Waals surface area contributed by atoms with E-state index >= 15 is 0 Å². The van der Waals surface area contributed by atoms with Crippen molar-refractivity contribution in [3.8, 4) is 0 Å². The standard InChI is InChI=1S/C14H17FN2O3/c15-11-4-1-10(2-5-11)3-6-13(18)17-8-7-12(9-17)20-14(16)19/h1-2,4-5,12H,3,6-9H2,(H2,16,19)/t12-/m1/s1. The molecule has 108 valence electrons. The Kier molecular flexibility index (Phi) is 4.55. The van der Waals surface area contributed by atoms with Crippen molar-refractivity contribution < 1.29 is 18.7 Å². The van der Waals surface area contributed by atoms with Crippen molar-refractivity contribution in [3.63, 3.8) is 0 Å². The van der Waals surface area contributed by atoms with Crippen molar-refractivity contribution in [1.29, 1.82) is 0 Å². The molecule has 0 bridgehead atoms. The van der Waals surface area contributed by atoms with E-state index in [0.717, 1.165) is 5.56 Å². The molecular weight excluding hydrogens is 263 g/mol. The first-order valence-electron chi connectivity index (χ1n) is 6.53.